The first kappa shape index (κ1) is 17.7. The summed E-state index contributed by atoms with van der Waals surface area (Å²) in [5.74, 6) is 0.0276. The molecule has 2 N–H and O–H groups in total. The van der Waals surface area contributed by atoms with Crippen molar-refractivity contribution in [1.29, 1.82) is 0 Å². The van der Waals surface area contributed by atoms with Crippen molar-refractivity contribution >= 4 is 16.1 Å². The maximum absolute atomic E-state index is 12.5. The zero-order valence-corrected chi connectivity index (χ0v) is 14.5. The summed E-state index contributed by atoms with van der Waals surface area (Å²) < 4.78 is 26.4. The van der Waals surface area contributed by atoms with Gasteiger partial charge in [-0.15, -0.1) is 0 Å². The highest BCUT2D eigenvalue weighted by Gasteiger charge is 2.28. The Morgan fingerprint density at radius 2 is 1.83 bits per heavy atom. The van der Waals surface area contributed by atoms with E-state index in [1.54, 1.807) is 0 Å². The Morgan fingerprint density at radius 3 is 2.39 bits per heavy atom. The lowest BCUT2D eigenvalue weighted by Gasteiger charge is -2.31. The van der Waals surface area contributed by atoms with Gasteiger partial charge < -0.3 is 10.6 Å². The summed E-state index contributed by atoms with van der Waals surface area (Å²) in [6, 6.07) is 9.12. The maximum Gasteiger partial charge on any atom is 0.315 e. The quantitative estimate of drug-likeness (QED) is 0.857. The second kappa shape index (κ2) is 7.79. The van der Waals surface area contributed by atoms with Crippen LogP contribution in [-0.4, -0.2) is 43.9 Å². The van der Waals surface area contributed by atoms with Gasteiger partial charge in [0.25, 0.3) is 0 Å². The third-order valence-corrected chi connectivity index (χ3v) is 5.64. The van der Waals surface area contributed by atoms with E-state index in [0.29, 0.717) is 25.9 Å². The molecule has 0 bridgehead atoms. The van der Waals surface area contributed by atoms with E-state index in [1.807, 2.05) is 44.2 Å². The Hall–Kier alpha value is -1.60. The fourth-order valence-corrected chi connectivity index (χ4v) is 4.21. The lowest BCUT2D eigenvalue weighted by atomic mass is 10.1. The van der Waals surface area contributed by atoms with Crippen LogP contribution in [0.1, 0.15) is 32.3 Å². The van der Waals surface area contributed by atoms with Crippen molar-refractivity contribution in [2.75, 3.05) is 13.1 Å². The Morgan fingerprint density at radius 1 is 1.22 bits per heavy atom. The zero-order valence-electron chi connectivity index (χ0n) is 13.7. The number of sulfonamides is 1. The zero-order chi connectivity index (χ0) is 16.9. The number of rotatable bonds is 5. The van der Waals surface area contributed by atoms with E-state index in [9.17, 15) is 13.2 Å². The third-order valence-electron chi connectivity index (χ3n) is 3.79. The van der Waals surface area contributed by atoms with Gasteiger partial charge in [-0.25, -0.2) is 17.5 Å². The molecular formula is C16H25N3O3S. The molecule has 1 aliphatic heterocycles. The van der Waals surface area contributed by atoms with Gasteiger partial charge in [0.1, 0.15) is 0 Å². The molecule has 2 rings (SSSR count). The second-order valence-electron chi connectivity index (χ2n) is 6.19. The summed E-state index contributed by atoms with van der Waals surface area (Å²) in [5, 5.41) is 5.68. The summed E-state index contributed by atoms with van der Waals surface area (Å²) in [5.41, 5.74) is 0.795. The van der Waals surface area contributed by atoms with Crippen molar-refractivity contribution in [2.45, 2.75) is 44.5 Å². The number of urea groups is 1. The van der Waals surface area contributed by atoms with E-state index >= 15 is 0 Å². The van der Waals surface area contributed by atoms with Crippen LogP contribution in [0.4, 0.5) is 4.79 Å². The SMILES string of the molecule is CC(C)NC(=O)NC1CCN(S(=O)(=O)Cc2ccccc2)CC1. The van der Waals surface area contributed by atoms with Crippen molar-refractivity contribution in [1.82, 2.24) is 14.9 Å². The summed E-state index contributed by atoms with van der Waals surface area (Å²) in [6.45, 7) is 4.69. The van der Waals surface area contributed by atoms with Gasteiger partial charge in [0.15, 0.2) is 0 Å². The Bertz CT molecular complexity index is 609. The highest BCUT2D eigenvalue weighted by atomic mass is 32.2. The Labute approximate surface area is 138 Å². The topological polar surface area (TPSA) is 78.5 Å². The average Bonchev–Trinajstić information content (AvgIpc) is 2.47. The summed E-state index contributed by atoms with van der Waals surface area (Å²) in [6.07, 6.45) is 1.28. The van der Waals surface area contributed by atoms with E-state index in [0.717, 1.165) is 5.56 Å². The molecule has 1 fully saturated rings. The molecule has 1 saturated heterocycles. The molecule has 128 valence electrons. The highest BCUT2D eigenvalue weighted by molar-refractivity contribution is 7.88. The average molecular weight is 339 g/mol. The summed E-state index contributed by atoms with van der Waals surface area (Å²) >= 11 is 0. The summed E-state index contributed by atoms with van der Waals surface area (Å²) in [4.78, 5) is 11.7. The normalized spacial score (nSPS) is 17.2. The molecule has 1 aromatic carbocycles. The number of piperidine rings is 1. The minimum absolute atomic E-state index is 0.0249. The first-order valence-electron chi connectivity index (χ1n) is 7.95. The van der Waals surface area contributed by atoms with Crippen LogP contribution in [0.5, 0.6) is 0 Å². The number of nitrogens with one attached hydrogen (secondary N) is 2. The number of carbonyl (C=O) groups is 1. The van der Waals surface area contributed by atoms with Crippen molar-refractivity contribution in [3.05, 3.63) is 35.9 Å². The molecule has 1 heterocycles. The van der Waals surface area contributed by atoms with Crippen molar-refractivity contribution in [3.8, 4) is 0 Å². The molecule has 0 saturated carbocycles. The van der Waals surface area contributed by atoms with E-state index in [4.69, 9.17) is 0 Å². The van der Waals surface area contributed by atoms with Crippen molar-refractivity contribution in [3.63, 3.8) is 0 Å². The van der Waals surface area contributed by atoms with E-state index in [2.05, 4.69) is 10.6 Å². The molecule has 23 heavy (non-hydrogen) atoms. The number of benzene rings is 1. The Kier molecular flexibility index (Phi) is 6.01. The van der Waals surface area contributed by atoms with Gasteiger partial charge in [-0.2, -0.15) is 0 Å². The molecule has 0 aliphatic carbocycles. The number of carbonyl (C=O) groups excluding carboxylic acids is 1. The van der Waals surface area contributed by atoms with Crippen molar-refractivity contribution in [2.24, 2.45) is 0 Å². The van der Waals surface area contributed by atoms with Crippen LogP contribution in [0.2, 0.25) is 0 Å². The van der Waals surface area contributed by atoms with Gasteiger partial charge in [-0.1, -0.05) is 30.3 Å². The molecule has 0 atom stereocenters. The predicted octanol–water partition coefficient (Wildman–Crippen LogP) is 1.69. The minimum Gasteiger partial charge on any atom is -0.336 e. The molecule has 2 amide bonds. The van der Waals surface area contributed by atoms with Crippen LogP contribution < -0.4 is 10.6 Å². The number of hydrogen-bond donors (Lipinski definition) is 2. The fraction of sp³-hybridized carbons (Fsp3) is 0.562. The largest absolute Gasteiger partial charge is 0.336 e. The number of amides is 2. The van der Waals surface area contributed by atoms with Crippen LogP contribution >= 0.6 is 0 Å². The van der Waals surface area contributed by atoms with Gasteiger partial charge in [-0.3, -0.25) is 0 Å². The molecular weight excluding hydrogens is 314 g/mol. The van der Waals surface area contributed by atoms with Crippen molar-refractivity contribution < 1.29 is 13.2 Å². The predicted molar refractivity (Wildman–Crippen MR) is 90.5 cm³/mol. The van der Waals surface area contributed by atoms with Crippen LogP contribution in [0, 0.1) is 0 Å². The van der Waals surface area contributed by atoms with E-state index in [-0.39, 0.29) is 23.9 Å². The second-order valence-corrected chi connectivity index (χ2v) is 8.16. The molecule has 0 unspecified atom stereocenters. The number of nitrogens with zero attached hydrogens (tertiary/aromatic N) is 1. The molecule has 0 radical (unpaired) electrons. The monoisotopic (exact) mass is 339 g/mol. The highest BCUT2D eigenvalue weighted by Crippen LogP contribution is 2.17. The summed E-state index contributed by atoms with van der Waals surface area (Å²) in [7, 11) is -3.30. The molecule has 1 aromatic rings. The molecule has 0 spiro atoms. The lowest BCUT2D eigenvalue weighted by molar-refractivity contribution is 0.225. The van der Waals surface area contributed by atoms with Gasteiger partial charge >= 0.3 is 6.03 Å². The molecule has 1 aliphatic rings. The van der Waals surface area contributed by atoms with Crippen LogP contribution in [0.25, 0.3) is 0 Å². The third kappa shape index (κ3) is 5.51. The lowest BCUT2D eigenvalue weighted by Crippen LogP contribution is -2.50. The first-order valence-corrected chi connectivity index (χ1v) is 9.56. The Balaban J connectivity index is 1.85. The first-order chi connectivity index (χ1) is 10.9. The minimum atomic E-state index is -3.30. The van der Waals surface area contributed by atoms with E-state index < -0.39 is 10.0 Å². The fourth-order valence-electron chi connectivity index (χ4n) is 2.64. The molecule has 7 heteroatoms. The smallest absolute Gasteiger partial charge is 0.315 e. The maximum atomic E-state index is 12.5. The molecule has 6 nitrogen and oxygen atoms in total. The van der Waals surface area contributed by atoms with Gasteiger partial charge in [0, 0.05) is 25.2 Å². The van der Waals surface area contributed by atoms with E-state index in [1.165, 1.54) is 4.31 Å². The van der Waals surface area contributed by atoms with Crippen LogP contribution in [0.3, 0.4) is 0 Å². The van der Waals surface area contributed by atoms with Gasteiger partial charge in [-0.05, 0) is 32.3 Å². The van der Waals surface area contributed by atoms with Crippen LogP contribution in [0.15, 0.2) is 30.3 Å². The van der Waals surface area contributed by atoms with Gasteiger partial charge in [0.2, 0.25) is 10.0 Å². The van der Waals surface area contributed by atoms with Gasteiger partial charge in [0.05, 0.1) is 5.75 Å². The number of hydrogen-bond acceptors (Lipinski definition) is 3. The molecule has 0 aromatic heterocycles. The standard InChI is InChI=1S/C16H25N3O3S/c1-13(2)17-16(20)18-15-8-10-19(11-9-15)23(21,22)12-14-6-4-3-5-7-14/h3-7,13,15H,8-12H2,1-2H3,(H2,17,18,20). The van der Waals surface area contributed by atoms with Crippen LogP contribution in [-0.2, 0) is 15.8 Å².